The standard InChI is InChI=1S/C20H19N3O3/c1-23(18-11-26-12-19(18)24)20(25)15-10-17(13-6-8-21-9-7-13)22-16-5-3-2-4-14(15)16/h2-10,18-19,24H,11-12H2,1H3/t18-,19-/m0/s1. The molecule has 1 aromatic carbocycles. The van der Waals surface area contributed by atoms with E-state index in [4.69, 9.17) is 4.74 Å². The summed E-state index contributed by atoms with van der Waals surface area (Å²) in [5.41, 5.74) is 2.92. The van der Waals surface area contributed by atoms with Gasteiger partial charge in [0.1, 0.15) is 0 Å². The molecule has 6 heteroatoms. The predicted octanol–water partition coefficient (Wildman–Crippen LogP) is 2.13. The van der Waals surface area contributed by atoms with Gasteiger partial charge in [-0.25, -0.2) is 4.98 Å². The van der Waals surface area contributed by atoms with Crippen molar-refractivity contribution in [3.63, 3.8) is 0 Å². The number of amides is 1. The van der Waals surface area contributed by atoms with Gasteiger partial charge >= 0.3 is 0 Å². The molecule has 3 aromatic rings. The molecule has 1 amide bonds. The highest BCUT2D eigenvalue weighted by Gasteiger charge is 2.33. The summed E-state index contributed by atoms with van der Waals surface area (Å²) in [6, 6.07) is 12.8. The molecule has 2 atom stereocenters. The van der Waals surface area contributed by atoms with Crippen LogP contribution in [0.2, 0.25) is 0 Å². The molecule has 6 nitrogen and oxygen atoms in total. The van der Waals surface area contributed by atoms with Gasteiger partial charge in [-0.15, -0.1) is 0 Å². The summed E-state index contributed by atoms with van der Waals surface area (Å²) in [7, 11) is 1.70. The predicted molar refractivity (Wildman–Crippen MR) is 97.7 cm³/mol. The topological polar surface area (TPSA) is 75.6 Å². The maximum absolute atomic E-state index is 13.2. The lowest BCUT2D eigenvalue weighted by molar-refractivity contribution is 0.0583. The zero-order valence-corrected chi connectivity index (χ0v) is 14.4. The zero-order chi connectivity index (χ0) is 18.1. The van der Waals surface area contributed by atoms with Crippen LogP contribution in [0.3, 0.4) is 0 Å². The number of likely N-dealkylation sites (N-methyl/N-ethyl adjacent to an activating group) is 1. The minimum Gasteiger partial charge on any atom is -0.388 e. The molecule has 0 aliphatic carbocycles. The molecule has 3 heterocycles. The van der Waals surface area contributed by atoms with Crippen molar-refractivity contribution in [1.82, 2.24) is 14.9 Å². The summed E-state index contributed by atoms with van der Waals surface area (Å²) < 4.78 is 5.29. The molecule has 0 spiro atoms. The van der Waals surface area contributed by atoms with E-state index in [1.165, 1.54) is 0 Å². The maximum Gasteiger partial charge on any atom is 0.254 e. The van der Waals surface area contributed by atoms with Crippen molar-refractivity contribution in [2.45, 2.75) is 12.1 Å². The van der Waals surface area contributed by atoms with Crippen LogP contribution in [0.5, 0.6) is 0 Å². The number of pyridine rings is 2. The Kier molecular flexibility index (Phi) is 4.36. The van der Waals surface area contributed by atoms with Crippen LogP contribution in [-0.2, 0) is 4.74 Å². The number of aliphatic hydroxyl groups excluding tert-OH is 1. The molecule has 2 aromatic heterocycles. The van der Waals surface area contributed by atoms with Gasteiger partial charge in [0.05, 0.1) is 42.1 Å². The Balaban J connectivity index is 1.81. The summed E-state index contributed by atoms with van der Waals surface area (Å²) >= 11 is 0. The van der Waals surface area contributed by atoms with Crippen LogP contribution in [0.25, 0.3) is 22.2 Å². The molecule has 1 aliphatic heterocycles. The van der Waals surface area contributed by atoms with Crippen molar-refractivity contribution < 1.29 is 14.6 Å². The highest BCUT2D eigenvalue weighted by atomic mass is 16.5. The maximum atomic E-state index is 13.2. The first-order chi connectivity index (χ1) is 12.6. The molecule has 1 saturated heterocycles. The first kappa shape index (κ1) is 16.6. The fourth-order valence-corrected chi connectivity index (χ4v) is 3.27. The average Bonchev–Trinajstić information content (AvgIpc) is 3.12. The number of aliphatic hydroxyl groups is 1. The first-order valence-corrected chi connectivity index (χ1v) is 8.48. The Morgan fingerprint density at radius 3 is 2.69 bits per heavy atom. The van der Waals surface area contributed by atoms with E-state index in [1.807, 2.05) is 36.4 Å². The number of para-hydroxylation sites is 1. The molecule has 1 fully saturated rings. The van der Waals surface area contributed by atoms with Gasteiger partial charge in [0, 0.05) is 30.4 Å². The van der Waals surface area contributed by atoms with Crippen molar-refractivity contribution >= 4 is 16.8 Å². The Labute approximate surface area is 151 Å². The lowest BCUT2D eigenvalue weighted by Gasteiger charge is -2.26. The number of hydrogen-bond donors (Lipinski definition) is 1. The minimum atomic E-state index is -0.670. The van der Waals surface area contributed by atoms with Crippen molar-refractivity contribution in [2.24, 2.45) is 0 Å². The van der Waals surface area contributed by atoms with Gasteiger partial charge in [-0.1, -0.05) is 18.2 Å². The SMILES string of the molecule is CN(C(=O)c1cc(-c2ccncc2)nc2ccccc12)[C@H]1COC[C@@H]1O. The number of carbonyl (C=O) groups excluding carboxylic acids is 1. The molecule has 0 saturated carbocycles. The Morgan fingerprint density at radius 1 is 1.19 bits per heavy atom. The number of nitrogens with zero attached hydrogens (tertiary/aromatic N) is 3. The van der Waals surface area contributed by atoms with Crippen LogP contribution in [-0.4, -0.2) is 58.3 Å². The second-order valence-electron chi connectivity index (χ2n) is 6.40. The summed E-state index contributed by atoms with van der Waals surface area (Å²) in [6.07, 6.45) is 2.73. The smallest absolute Gasteiger partial charge is 0.254 e. The normalized spacial score (nSPS) is 19.6. The summed E-state index contributed by atoms with van der Waals surface area (Å²) in [5.74, 6) is -0.159. The minimum absolute atomic E-state index is 0.159. The molecule has 0 bridgehead atoms. The van der Waals surface area contributed by atoms with Gasteiger partial charge in [-0.2, -0.15) is 0 Å². The molecule has 1 N–H and O–H groups in total. The Bertz CT molecular complexity index is 945. The molecular weight excluding hydrogens is 330 g/mol. The molecule has 0 unspecified atom stereocenters. The molecule has 1 aliphatic rings. The third-order valence-corrected chi connectivity index (χ3v) is 4.76. The largest absolute Gasteiger partial charge is 0.388 e. The number of hydrogen-bond acceptors (Lipinski definition) is 5. The fraction of sp³-hybridized carbons (Fsp3) is 0.250. The number of fused-ring (bicyclic) bond motifs is 1. The van der Waals surface area contributed by atoms with E-state index in [2.05, 4.69) is 9.97 Å². The quantitative estimate of drug-likeness (QED) is 0.784. The van der Waals surface area contributed by atoms with E-state index in [0.717, 1.165) is 16.5 Å². The number of aromatic nitrogens is 2. The van der Waals surface area contributed by atoms with Crippen LogP contribution >= 0.6 is 0 Å². The number of benzene rings is 1. The van der Waals surface area contributed by atoms with Crippen LogP contribution in [0.15, 0.2) is 54.9 Å². The number of carbonyl (C=O) groups is 1. The van der Waals surface area contributed by atoms with Gasteiger partial charge < -0.3 is 14.7 Å². The van der Waals surface area contributed by atoms with Crippen molar-refractivity contribution in [2.75, 3.05) is 20.3 Å². The molecule has 0 radical (unpaired) electrons. The Hall–Kier alpha value is -2.83. The second kappa shape index (κ2) is 6.82. The van der Waals surface area contributed by atoms with Crippen LogP contribution in [0.1, 0.15) is 10.4 Å². The molecule has 26 heavy (non-hydrogen) atoms. The van der Waals surface area contributed by atoms with Gasteiger partial charge in [-0.3, -0.25) is 9.78 Å². The number of ether oxygens (including phenoxy) is 1. The fourth-order valence-electron chi connectivity index (χ4n) is 3.27. The van der Waals surface area contributed by atoms with E-state index in [-0.39, 0.29) is 18.6 Å². The van der Waals surface area contributed by atoms with Gasteiger partial charge in [0.25, 0.3) is 5.91 Å². The molecular formula is C20H19N3O3. The van der Waals surface area contributed by atoms with Crippen molar-refractivity contribution in [1.29, 1.82) is 0 Å². The zero-order valence-electron chi connectivity index (χ0n) is 14.4. The van der Waals surface area contributed by atoms with Crippen molar-refractivity contribution in [3.8, 4) is 11.3 Å². The molecule has 4 rings (SSSR count). The lowest BCUT2D eigenvalue weighted by atomic mass is 10.0. The van der Waals surface area contributed by atoms with E-state index in [9.17, 15) is 9.90 Å². The van der Waals surface area contributed by atoms with Gasteiger partial charge in [0.2, 0.25) is 0 Å². The van der Waals surface area contributed by atoms with Gasteiger partial charge in [-0.05, 0) is 24.3 Å². The first-order valence-electron chi connectivity index (χ1n) is 8.48. The van der Waals surface area contributed by atoms with E-state index in [1.54, 1.807) is 30.4 Å². The van der Waals surface area contributed by atoms with E-state index < -0.39 is 6.10 Å². The summed E-state index contributed by atoms with van der Waals surface area (Å²) in [4.78, 5) is 23.5. The van der Waals surface area contributed by atoms with Gasteiger partial charge in [0.15, 0.2) is 0 Å². The summed E-state index contributed by atoms with van der Waals surface area (Å²) in [5, 5.41) is 10.9. The van der Waals surface area contributed by atoms with Crippen LogP contribution in [0, 0.1) is 0 Å². The highest BCUT2D eigenvalue weighted by Crippen LogP contribution is 2.26. The third kappa shape index (κ3) is 2.94. The Morgan fingerprint density at radius 2 is 1.96 bits per heavy atom. The number of rotatable bonds is 3. The average molecular weight is 349 g/mol. The second-order valence-corrected chi connectivity index (χ2v) is 6.40. The van der Waals surface area contributed by atoms with E-state index in [0.29, 0.717) is 17.9 Å². The summed E-state index contributed by atoms with van der Waals surface area (Å²) in [6.45, 7) is 0.589. The van der Waals surface area contributed by atoms with Crippen molar-refractivity contribution in [3.05, 3.63) is 60.4 Å². The third-order valence-electron chi connectivity index (χ3n) is 4.76. The monoisotopic (exact) mass is 349 g/mol. The van der Waals surface area contributed by atoms with Crippen LogP contribution in [0.4, 0.5) is 0 Å². The highest BCUT2D eigenvalue weighted by molar-refractivity contribution is 6.07. The molecule has 132 valence electrons. The lowest BCUT2D eigenvalue weighted by Crippen LogP contribution is -2.44. The van der Waals surface area contributed by atoms with Crippen LogP contribution < -0.4 is 0 Å². The van der Waals surface area contributed by atoms with E-state index >= 15 is 0 Å².